The molecule has 1 aliphatic heterocycles. The monoisotopic (exact) mass is 338 g/mol. The van der Waals surface area contributed by atoms with Gasteiger partial charge in [-0.1, -0.05) is 19.8 Å². The molecule has 0 aromatic carbocycles. The first-order valence-corrected chi connectivity index (χ1v) is 9.33. The molecule has 1 aliphatic carbocycles. The van der Waals surface area contributed by atoms with Crippen molar-refractivity contribution in [3.05, 3.63) is 0 Å². The number of hydrogen-bond donors (Lipinski definition) is 2. The molecule has 138 valence electrons. The summed E-state index contributed by atoms with van der Waals surface area (Å²) >= 11 is 0. The molecule has 2 aliphatic rings. The second-order valence-corrected chi connectivity index (χ2v) is 8.38. The Balaban J connectivity index is 1.72. The topological polar surface area (TPSA) is 64.7 Å². The Bertz CT molecular complexity index is 439. The summed E-state index contributed by atoms with van der Waals surface area (Å²) in [5, 5.41) is 6.20. The summed E-state index contributed by atoms with van der Waals surface area (Å²) in [5.41, 5.74) is -0.199. The van der Waals surface area contributed by atoms with Crippen LogP contribution in [0.5, 0.6) is 0 Å². The minimum absolute atomic E-state index is 0.0523. The van der Waals surface area contributed by atoms with Crippen molar-refractivity contribution >= 4 is 11.9 Å². The highest BCUT2D eigenvalue weighted by atomic mass is 16.2. The molecular formula is C18H34N4O2. The highest BCUT2D eigenvalue weighted by molar-refractivity contribution is 5.79. The van der Waals surface area contributed by atoms with Gasteiger partial charge in [0.2, 0.25) is 5.91 Å². The number of urea groups is 1. The summed E-state index contributed by atoms with van der Waals surface area (Å²) in [6, 6.07) is 0.384. The van der Waals surface area contributed by atoms with Gasteiger partial charge in [-0.25, -0.2) is 4.79 Å². The van der Waals surface area contributed by atoms with Gasteiger partial charge in [0.05, 0.1) is 6.54 Å². The first-order valence-electron chi connectivity index (χ1n) is 9.33. The highest BCUT2D eigenvalue weighted by Crippen LogP contribution is 2.23. The smallest absolute Gasteiger partial charge is 0.317 e. The van der Waals surface area contributed by atoms with Gasteiger partial charge in [-0.3, -0.25) is 9.69 Å². The first-order chi connectivity index (χ1) is 11.2. The van der Waals surface area contributed by atoms with Crippen molar-refractivity contribution in [1.29, 1.82) is 0 Å². The second-order valence-electron chi connectivity index (χ2n) is 8.38. The average Bonchev–Trinajstić information content (AvgIpc) is 2.48. The van der Waals surface area contributed by atoms with Crippen LogP contribution in [0.15, 0.2) is 0 Å². The average molecular weight is 338 g/mol. The summed E-state index contributed by atoms with van der Waals surface area (Å²) < 4.78 is 0. The number of piperazine rings is 1. The van der Waals surface area contributed by atoms with E-state index >= 15 is 0 Å². The molecule has 3 amide bonds. The third-order valence-corrected chi connectivity index (χ3v) is 4.96. The molecule has 1 heterocycles. The molecule has 1 saturated heterocycles. The van der Waals surface area contributed by atoms with Gasteiger partial charge in [0, 0.05) is 37.8 Å². The summed E-state index contributed by atoms with van der Waals surface area (Å²) in [6.45, 7) is 11.5. The lowest BCUT2D eigenvalue weighted by atomic mass is 9.86. The van der Waals surface area contributed by atoms with E-state index in [0.717, 1.165) is 19.5 Å². The quantitative estimate of drug-likeness (QED) is 0.825. The standard InChI is InChI=1S/C18H34N4O2/c1-14-7-5-6-8-15(14)19-17(24)22-11-9-21(10-12-22)13-16(23)20-18(2,3)4/h14-15H,5-13H2,1-4H3,(H,19,24)(H,20,23)/t14-,15+/m0/s1. The number of nitrogens with one attached hydrogen (secondary N) is 2. The third-order valence-electron chi connectivity index (χ3n) is 4.96. The zero-order valence-corrected chi connectivity index (χ0v) is 15.7. The lowest BCUT2D eigenvalue weighted by Crippen LogP contribution is -2.56. The number of rotatable bonds is 3. The molecule has 0 radical (unpaired) electrons. The number of carbonyl (C=O) groups is 2. The summed E-state index contributed by atoms with van der Waals surface area (Å²) in [4.78, 5) is 28.4. The van der Waals surface area contributed by atoms with Gasteiger partial charge in [0.1, 0.15) is 0 Å². The fourth-order valence-corrected chi connectivity index (χ4v) is 3.55. The number of hydrogen-bond acceptors (Lipinski definition) is 3. The van der Waals surface area contributed by atoms with E-state index in [1.54, 1.807) is 0 Å². The van der Waals surface area contributed by atoms with Crippen molar-refractivity contribution in [2.24, 2.45) is 5.92 Å². The van der Waals surface area contributed by atoms with Crippen molar-refractivity contribution in [2.75, 3.05) is 32.7 Å². The Morgan fingerprint density at radius 2 is 1.67 bits per heavy atom. The van der Waals surface area contributed by atoms with E-state index in [2.05, 4.69) is 22.5 Å². The molecule has 2 N–H and O–H groups in total. The van der Waals surface area contributed by atoms with E-state index in [1.165, 1.54) is 19.3 Å². The normalized spacial score (nSPS) is 26.1. The molecule has 0 spiro atoms. The largest absolute Gasteiger partial charge is 0.350 e. The molecule has 0 unspecified atom stereocenters. The van der Waals surface area contributed by atoms with E-state index in [9.17, 15) is 9.59 Å². The fourth-order valence-electron chi connectivity index (χ4n) is 3.55. The maximum absolute atomic E-state index is 12.4. The van der Waals surface area contributed by atoms with Crippen molar-refractivity contribution in [1.82, 2.24) is 20.4 Å². The molecule has 0 aromatic heterocycles. The van der Waals surface area contributed by atoms with Crippen LogP contribution in [-0.4, -0.2) is 66.0 Å². The first kappa shape index (κ1) is 19.0. The van der Waals surface area contributed by atoms with Gasteiger partial charge in [-0.05, 0) is 39.5 Å². The van der Waals surface area contributed by atoms with E-state index < -0.39 is 0 Å². The Morgan fingerprint density at radius 1 is 1.04 bits per heavy atom. The van der Waals surface area contributed by atoms with Crippen LogP contribution >= 0.6 is 0 Å². The van der Waals surface area contributed by atoms with E-state index in [1.807, 2.05) is 25.7 Å². The Morgan fingerprint density at radius 3 is 2.25 bits per heavy atom. The lowest BCUT2D eigenvalue weighted by molar-refractivity contribution is -0.124. The summed E-state index contributed by atoms with van der Waals surface area (Å²) in [5.74, 6) is 0.626. The summed E-state index contributed by atoms with van der Waals surface area (Å²) in [7, 11) is 0. The Hall–Kier alpha value is -1.30. The maximum Gasteiger partial charge on any atom is 0.317 e. The molecule has 2 atom stereocenters. The third kappa shape index (κ3) is 5.96. The zero-order valence-electron chi connectivity index (χ0n) is 15.7. The van der Waals surface area contributed by atoms with Gasteiger partial charge in [-0.2, -0.15) is 0 Å². The van der Waals surface area contributed by atoms with Crippen molar-refractivity contribution in [2.45, 2.75) is 65.0 Å². The summed E-state index contributed by atoms with van der Waals surface area (Å²) in [6.07, 6.45) is 4.80. The predicted molar refractivity (Wildman–Crippen MR) is 95.9 cm³/mol. The molecule has 6 nitrogen and oxygen atoms in total. The van der Waals surface area contributed by atoms with Crippen LogP contribution in [0.4, 0.5) is 4.79 Å². The van der Waals surface area contributed by atoms with Gasteiger partial charge in [0.15, 0.2) is 0 Å². The molecule has 2 rings (SSSR count). The molecule has 0 bridgehead atoms. The van der Waals surface area contributed by atoms with Crippen LogP contribution in [0.3, 0.4) is 0 Å². The Labute approximate surface area is 146 Å². The molecule has 2 fully saturated rings. The molecule has 6 heteroatoms. The van der Waals surface area contributed by atoms with Gasteiger partial charge >= 0.3 is 6.03 Å². The van der Waals surface area contributed by atoms with Gasteiger partial charge < -0.3 is 15.5 Å². The minimum Gasteiger partial charge on any atom is -0.350 e. The molecule has 1 saturated carbocycles. The van der Waals surface area contributed by atoms with Crippen molar-refractivity contribution in [3.8, 4) is 0 Å². The minimum atomic E-state index is -0.199. The number of carbonyl (C=O) groups excluding carboxylic acids is 2. The van der Waals surface area contributed by atoms with Crippen LogP contribution in [0.2, 0.25) is 0 Å². The second kappa shape index (κ2) is 8.19. The number of amides is 3. The fraction of sp³-hybridized carbons (Fsp3) is 0.889. The maximum atomic E-state index is 12.4. The lowest BCUT2D eigenvalue weighted by Gasteiger charge is -2.37. The molecule has 0 aromatic rings. The van der Waals surface area contributed by atoms with Gasteiger partial charge in [-0.15, -0.1) is 0 Å². The zero-order chi connectivity index (χ0) is 17.7. The van der Waals surface area contributed by atoms with Crippen LogP contribution < -0.4 is 10.6 Å². The van der Waals surface area contributed by atoms with Crippen LogP contribution in [-0.2, 0) is 4.79 Å². The van der Waals surface area contributed by atoms with Gasteiger partial charge in [0.25, 0.3) is 0 Å². The van der Waals surface area contributed by atoms with Crippen molar-refractivity contribution in [3.63, 3.8) is 0 Å². The van der Waals surface area contributed by atoms with Crippen LogP contribution in [0, 0.1) is 5.92 Å². The van der Waals surface area contributed by atoms with Crippen molar-refractivity contribution < 1.29 is 9.59 Å². The Kier molecular flexibility index (Phi) is 6.49. The van der Waals surface area contributed by atoms with Crippen LogP contribution in [0.1, 0.15) is 53.4 Å². The van der Waals surface area contributed by atoms with E-state index in [-0.39, 0.29) is 17.5 Å². The molecule has 24 heavy (non-hydrogen) atoms. The predicted octanol–water partition coefficient (Wildman–Crippen LogP) is 1.81. The number of nitrogens with zero attached hydrogens (tertiary/aromatic N) is 2. The molecular weight excluding hydrogens is 304 g/mol. The highest BCUT2D eigenvalue weighted by Gasteiger charge is 2.27. The van der Waals surface area contributed by atoms with E-state index in [4.69, 9.17) is 0 Å². The van der Waals surface area contributed by atoms with Crippen LogP contribution in [0.25, 0.3) is 0 Å². The van der Waals surface area contributed by atoms with E-state index in [0.29, 0.717) is 31.6 Å². The SMILES string of the molecule is C[C@H]1CCCC[C@H]1NC(=O)N1CCN(CC(=O)NC(C)(C)C)CC1.